The Labute approximate surface area is 195 Å². The van der Waals surface area contributed by atoms with E-state index in [4.69, 9.17) is 0 Å². The number of anilines is 1. The molecular formula is C26H32N4OS. The topological polar surface area (TPSA) is 41.4 Å². The predicted molar refractivity (Wildman–Crippen MR) is 132 cm³/mol. The Morgan fingerprint density at radius 1 is 1.03 bits per heavy atom. The standard InChI is InChI=1S/C26H32N4OS/c1-21-3-5-23(6-4-21)7-10-26(19-28-14-13-27-20-28)32-25-11-8-24(9-12-25)30-17-15-29(16-18-30)22(2)31/h3-6,8-9,11-14,20,26H,7,10,15-19H2,1-2H3. The quantitative estimate of drug-likeness (QED) is 0.470. The first-order valence-electron chi connectivity index (χ1n) is 11.4. The zero-order valence-electron chi connectivity index (χ0n) is 19.0. The van der Waals surface area contributed by atoms with E-state index in [1.165, 1.54) is 21.7 Å². The van der Waals surface area contributed by atoms with E-state index in [2.05, 4.69) is 69.9 Å². The average Bonchev–Trinajstić information content (AvgIpc) is 3.32. The van der Waals surface area contributed by atoms with Crippen molar-refractivity contribution in [1.29, 1.82) is 0 Å². The molecule has 0 aliphatic carbocycles. The van der Waals surface area contributed by atoms with Gasteiger partial charge in [-0.3, -0.25) is 4.79 Å². The number of hydrogen-bond acceptors (Lipinski definition) is 4. The second kappa shape index (κ2) is 10.7. The third-order valence-electron chi connectivity index (χ3n) is 6.08. The van der Waals surface area contributed by atoms with Crippen LogP contribution in [-0.4, -0.2) is 51.8 Å². The molecule has 1 aliphatic heterocycles. The van der Waals surface area contributed by atoms with Crippen molar-refractivity contribution in [2.75, 3.05) is 31.1 Å². The van der Waals surface area contributed by atoms with Crippen molar-refractivity contribution in [2.24, 2.45) is 0 Å². The Bertz CT molecular complexity index is 978. The molecular weight excluding hydrogens is 416 g/mol. The number of imidazole rings is 1. The lowest BCUT2D eigenvalue weighted by Gasteiger charge is -2.35. The van der Waals surface area contributed by atoms with Gasteiger partial charge in [-0.1, -0.05) is 29.8 Å². The van der Waals surface area contributed by atoms with Gasteiger partial charge in [-0.05, 0) is 49.6 Å². The van der Waals surface area contributed by atoms with Crippen LogP contribution >= 0.6 is 11.8 Å². The number of nitrogens with zero attached hydrogens (tertiary/aromatic N) is 4. The number of aromatic nitrogens is 2. The van der Waals surface area contributed by atoms with E-state index in [1.807, 2.05) is 35.4 Å². The fourth-order valence-electron chi connectivity index (χ4n) is 4.11. The lowest BCUT2D eigenvalue weighted by atomic mass is 10.1. The minimum Gasteiger partial charge on any atom is -0.368 e. The zero-order valence-corrected chi connectivity index (χ0v) is 19.8. The molecule has 3 aromatic rings. The van der Waals surface area contributed by atoms with E-state index in [9.17, 15) is 4.79 Å². The van der Waals surface area contributed by atoms with Crippen molar-refractivity contribution in [2.45, 2.75) is 43.4 Å². The summed E-state index contributed by atoms with van der Waals surface area (Å²) >= 11 is 1.95. The maximum atomic E-state index is 11.6. The highest BCUT2D eigenvalue weighted by Crippen LogP contribution is 2.30. The van der Waals surface area contributed by atoms with Crippen LogP contribution in [0.15, 0.2) is 72.1 Å². The van der Waals surface area contributed by atoms with Crippen LogP contribution in [0, 0.1) is 6.92 Å². The first-order valence-corrected chi connectivity index (χ1v) is 12.2. The van der Waals surface area contributed by atoms with E-state index in [0.717, 1.165) is 45.6 Å². The summed E-state index contributed by atoms with van der Waals surface area (Å²) in [6.45, 7) is 8.13. The van der Waals surface area contributed by atoms with Crippen molar-refractivity contribution >= 4 is 23.4 Å². The molecule has 2 heterocycles. The van der Waals surface area contributed by atoms with Gasteiger partial charge >= 0.3 is 0 Å². The third-order valence-corrected chi connectivity index (χ3v) is 7.34. The zero-order chi connectivity index (χ0) is 22.3. The number of carbonyl (C=O) groups is 1. The van der Waals surface area contributed by atoms with Gasteiger partial charge in [-0.2, -0.15) is 0 Å². The Kier molecular flexibility index (Phi) is 7.53. The molecule has 1 unspecified atom stereocenters. The summed E-state index contributed by atoms with van der Waals surface area (Å²) in [4.78, 5) is 21.4. The Morgan fingerprint density at radius 3 is 2.38 bits per heavy atom. The number of carbonyl (C=O) groups excluding carboxylic acids is 1. The molecule has 0 N–H and O–H groups in total. The molecule has 1 atom stereocenters. The number of benzene rings is 2. The smallest absolute Gasteiger partial charge is 0.219 e. The Morgan fingerprint density at radius 2 is 1.75 bits per heavy atom. The summed E-state index contributed by atoms with van der Waals surface area (Å²) in [6, 6.07) is 17.8. The van der Waals surface area contributed by atoms with Gasteiger partial charge in [0.25, 0.3) is 0 Å². The summed E-state index contributed by atoms with van der Waals surface area (Å²) in [7, 11) is 0. The summed E-state index contributed by atoms with van der Waals surface area (Å²) in [6.07, 6.45) is 7.99. The predicted octanol–water partition coefficient (Wildman–Crippen LogP) is 4.65. The second-order valence-corrected chi connectivity index (χ2v) is 9.88. The Hall–Kier alpha value is -2.73. The highest BCUT2D eigenvalue weighted by molar-refractivity contribution is 8.00. The summed E-state index contributed by atoms with van der Waals surface area (Å²) in [5.74, 6) is 0.172. The molecule has 5 nitrogen and oxygen atoms in total. The van der Waals surface area contributed by atoms with Crippen molar-refractivity contribution in [3.05, 3.63) is 78.4 Å². The summed E-state index contributed by atoms with van der Waals surface area (Å²) in [5.41, 5.74) is 3.94. The van der Waals surface area contributed by atoms with Gasteiger partial charge in [-0.25, -0.2) is 4.98 Å². The van der Waals surface area contributed by atoms with Gasteiger partial charge in [0.15, 0.2) is 0 Å². The van der Waals surface area contributed by atoms with E-state index < -0.39 is 0 Å². The van der Waals surface area contributed by atoms with Crippen LogP contribution < -0.4 is 4.90 Å². The van der Waals surface area contributed by atoms with Gasteiger partial charge in [0.2, 0.25) is 5.91 Å². The first kappa shape index (κ1) is 22.5. The monoisotopic (exact) mass is 448 g/mol. The average molecular weight is 449 g/mol. The van der Waals surface area contributed by atoms with Gasteiger partial charge in [0.1, 0.15) is 0 Å². The largest absolute Gasteiger partial charge is 0.368 e. The van der Waals surface area contributed by atoms with Crippen molar-refractivity contribution < 1.29 is 4.79 Å². The third kappa shape index (κ3) is 6.16. The fourth-order valence-corrected chi connectivity index (χ4v) is 5.27. The minimum atomic E-state index is 0.172. The van der Waals surface area contributed by atoms with Crippen LogP contribution in [0.5, 0.6) is 0 Å². The van der Waals surface area contributed by atoms with Gasteiger partial charge < -0.3 is 14.4 Å². The molecule has 2 aromatic carbocycles. The van der Waals surface area contributed by atoms with Crippen LogP contribution in [0.25, 0.3) is 0 Å². The van der Waals surface area contributed by atoms with Crippen molar-refractivity contribution in [3.8, 4) is 0 Å². The number of piperazine rings is 1. The molecule has 1 aromatic heterocycles. The first-order chi connectivity index (χ1) is 15.6. The molecule has 1 saturated heterocycles. The van der Waals surface area contributed by atoms with Crippen LogP contribution in [0.3, 0.4) is 0 Å². The highest BCUT2D eigenvalue weighted by atomic mass is 32.2. The van der Waals surface area contributed by atoms with E-state index in [-0.39, 0.29) is 5.91 Å². The van der Waals surface area contributed by atoms with Gasteiger partial charge in [0.05, 0.1) is 6.33 Å². The van der Waals surface area contributed by atoms with Gasteiger partial charge in [-0.15, -0.1) is 11.8 Å². The molecule has 0 bridgehead atoms. The second-order valence-electron chi connectivity index (χ2n) is 8.51. The molecule has 0 spiro atoms. The van der Waals surface area contributed by atoms with Crippen LogP contribution in [0.2, 0.25) is 0 Å². The SMILES string of the molecule is CC(=O)N1CCN(c2ccc(SC(CCc3ccc(C)cc3)Cn3ccnc3)cc2)CC1. The van der Waals surface area contributed by atoms with Gasteiger partial charge in [0, 0.05) is 67.9 Å². The molecule has 0 saturated carbocycles. The van der Waals surface area contributed by atoms with Crippen molar-refractivity contribution in [1.82, 2.24) is 14.5 Å². The Balaban J connectivity index is 1.37. The molecule has 6 heteroatoms. The van der Waals surface area contributed by atoms with Crippen LogP contribution in [0.4, 0.5) is 5.69 Å². The van der Waals surface area contributed by atoms with E-state index in [1.54, 1.807) is 6.92 Å². The number of aryl methyl sites for hydroxylation is 2. The number of amides is 1. The number of thioether (sulfide) groups is 1. The van der Waals surface area contributed by atoms with Crippen LogP contribution in [-0.2, 0) is 17.8 Å². The lowest BCUT2D eigenvalue weighted by molar-refractivity contribution is -0.129. The molecule has 1 aliphatic rings. The molecule has 0 radical (unpaired) electrons. The summed E-state index contributed by atoms with van der Waals surface area (Å²) < 4.78 is 2.18. The van der Waals surface area contributed by atoms with E-state index >= 15 is 0 Å². The number of hydrogen-bond donors (Lipinski definition) is 0. The lowest BCUT2D eigenvalue weighted by Crippen LogP contribution is -2.48. The van der Waals surface area contributed by atoms with Crippen molar-refractivity contribution in [3.63, 3.8) is 0 Å². The van der Waals surface area contributed by atoms with E-state index in [0.29, 0.717) is 5.25 Å². The highest BCUT2D eigenvalue weighted by Gasteiger charge is 2.19. The molecule has 4 rings (SSSR count). The fraction of sp³-hybridized carbons (Fsp3) is 0.385. The molecule has 1 amide bonds. The summed E-state index contributed by atoms with van der Waals surface area (Å²) in [5, 5.41) is 0.468. The minimum absolute atomic E-state index is 0.172. The normalized spacial score (nSPS) is 15.1. The van der Waals surface area contributed by atoms with Crippen LogP contribution in [0.1, 0.15) is 24.5 Å². The molecule has 1 fully saturated rings. The maximum absolute atomic E-state index is 11.6. The number of rotatable bonds is 8. The maximum Gasteiger partial charge on any atom is 0.219 e. The molecule has 32 heavy (non-hydrogen) atoms. The molecule has 168 valence electrons.